The van der Waals surface area contributed by atoms with Gasteiger partial charge in [-0.25, -0.2) is 9.59 Å². The second-order valence-corrected chi connectivity index (χ2v) is 7.15. The summed E-state index contributed by atoms with van der Waals surface area (Å²) in [7, 11) is 0. The molecule has 0 aromatic carbocycles. The maximum absolute atomic E-state index is 12.1. The number of esters is 2. The van der Waals surface area contributed by atoms with Crippen molar-refractivity contribution in [2.75, 3.05) is 0 Å². The number of carbonyl (C=O) groups is 2. The van der Waals surface area contributed by atoms with Crippen LogP contribution >= 0.6 is 0 Å². The van der Waals surface area contributed by atoms with Gasteiger partial charge in [0.05, 0.1) is 11.8 Å². The molecule has 0 saturated heterocycles. The van der Waals surface area contributed by atoms with E-state index in [2.05, 4.69) is 6.58 Å². The van der Waals surface area contributed by atoms with E-state index in [0.29, 0.717) is 18.3 Å². The number of rotatable bonds is 4. The topological polar surface area (TPSA) is 72.8 Å². The van der Waals surface area contributed by atoms with E-state index in [4.69, 9.17) is 14.6 Å². The number of aliphatic hydroxyl groups excluding tert-OH is 1. The minimum atomic E-state index is -0.563. The summed E-state index contributed by atoms with van der Waals surface area (Å²) < 4.78 is 11.4. The SMILES string of the molecule is C=CC(=O)OC12CC3CC(C1)CC(OC(=O)C(C)=CO)(C3)C2. The second-order valence-electron chi connectivity index (χ2n) is 7.15. The summed E-state index contributed by atoms with van der Waals surface area (Å²) in [5.74, 6) is -0.0559. The Bertz CT molecular complexity index is 533. The average Bonchev–Trinajstić information content (AvgIpc) is 2.43. The predicted molar refractivity (Wildman–Crippen MR) is 78.9 cm³/mol. The van der Waals surface area contributed by atoms with Crippen molar-refractivity contribution < 1.29 is 24.2 Å². The van der Waals surface area contributed by atoms with Crippen LogP contribution in [-0.4, -0.2) is 28.2 Å². The monoisotopic (exact) mass is 306 g/mol. The first kappa shape index (κ1) is 15.1. The quantitative estimate of drug-likeness (QED) is 0.491. The van der Waals surface area contributed by atoms with Crippen molar-refractivity contribution in [3.63, 3.8) is 0 Å². The van der Waals surface area contributed by atoms with Crippen molar-refractivity contribution >= 4 is 11.9 Å². The Morgan fingerprint density at radius 2 is 1.68 bits per heavy atom. The molecule has 0 aliphatic heterocycles. The highest BCUT2D eigenvalue weighted by Gasteiger charge is 2.61. The van der Waals surface area contributed by atoms with Gasteiger partial charge in [0.15, 0.2) is 0 Å². The van der Waals surface area contributed by atoms with Gasteiger partial charge in [-0.3, -0.25) is 0 Å². The maximum Gasteiger partial charge on any atom is 0.337 e. The largest absolute Gasteiger partial charge is 0.515 e. The molecule has 4 saturated carbocycles. The number of hydrogen-bond donors (Lipinski definition) is 1. The number of ether oxygens (including phenoxy) is 2. The van der Waals surface area contributed by atoms with Crippen molar-refractivity contribution in [3.05, 3.63) is 24.5 Å². The fraction of sp³-hybridized carbons (Fsp3) is 0.647. The van der Waals surface area contributed by atoms with Crippen LogP contribution in [0.1, 0.15) is 45.4 Å². The molecule has 0 aromatic heterocycles. The lowest BCUT2D eigenvalue weighted by Crippen LogP contribution is -2.61. The molecule has 120 valence electrons. The summed E-state index contributed by atoms with van der Waals surface area (Å²) >= 11 is 0. The van der Waals surface area contributed by atoms with E-state index >= 15 is 0 Å². The summed E-state index contributed by atoms with van der Waals surface area (Å²) in [5, 5.41) is 8.98. The average molecular weight is 306 g/mol. The highest BCUT2D eigenvalue weighted by Crippen LogP contribution is 2.60. The first-order valence-corrected chi connectivity index (χ1v) is 7.79. The van der Waals surface area contributed by atoms with Gasteiger partial charge in [-0.15, -0.1) is 0 Å². The first-order valence-electron chi connectivity index (χ1n) is 7.79. The van der Waals surface area contributed by atoms with Gasteiger partial charge in [-0.1, -0.05) is 6.58 Å². The number of hydrogen-bond acceptors (Lipinski definition) is 5. The molecule has 4 aliphatic carbocycles. The van der Waals surface area contributed by atoms with E-state index in [1.807, 2.05) is 0 Å². The van der Waals surface area contributed by atoms with Crippen molar-refractivity contribution in [1.82, 2.24) is 0 Å². The first-order chi connectivity index (χ1) is 10.4. The van der Waals surface area contributed by atoms with E-state index in [9.17, 15) is 9.59 Å². The number of aliphatic hydroxyl groups is 1. The molecule has 0 heterocycles. The molecule has 5 nitrogen and oxygen atoms in total. The van der Waals surface area contributed by atoms with Crippen LogP contribution in [0, 0.1) is 11.8 Å². The van der Waals surface area contributed by atoms with Crippen molar-refractivity contribution in [2.24, 2.45) is 11.8 Å². The van der Waals surface area contributed by atoms with Crippen molar-refractivity contribution in [2.45, 2.75) is 56.7 Å². The fourth-order valence-electron chi connectivity index (χ4n) is 4.92. The Hall–Kier alpha value is -1.78. The molecule has 0 amide bonds. The molecule has 1 N–H and O–H groups in total. The van der Waals surface area contributed by atoms with Gasteiger partial charge in [0, 0.05) is 12.5 Å². The lowest BCUT2D eigenvalue weighted by Gasteiger charge is -2.60. The second kappa shape index (κ2) is 5.14. The molecule has 0 radical (unpaired) electrons. The van der Waals surface area contributed by atoms with Crippen molar-refractivity contribution in [1.29, 1.82) is 0 Å². The highest BCUT2D eigenvalue weighted by atomic mass is 16.6. The zero-order valence-electron chi connectivity index (χ0n) is 12.8. The van der Waals surface area contributed by atoms with E-state index in [0.717, 1.165) is 38.4 Å². The zero-order valence-corrected chi connectivity index (χ0v) is 12.8. The van der Waals surface area contributed by atoms with Gasteiger partial charge >= 0.3 is 11.9 Å². The Labute approximate surface area is 130 Å². The highest BCUT2D eigenvalue weighted by molar-refractivity contribution is 5.87. The summed E-state index contributed by atoms with van der Waals surface area (Å²) in [6.45, 7) is 4.99. The Morgan fingerprint density at radius 3 is 2.18 bits per heavy atom. The molecule has 4 aliphatic rings. The van der Waals surface area contributed by atoms with Crippen LogP contribution in [0.5, 0.6) is 0 Å². The van der Waals surface area contributed by atoms with Gasteiger partial charge in [-0.05, 0) is 50.9 Å². The third-order valence-electron chi connectivity index (χ3n) is 5.26. The van der Waals surface area contributed by atoms with Gasteiger partial charge in [0.2, 0.25) is 0 Å². The van der Waals surface area contributed by atoms with Crippen LogP contribution in [0.4, 0.5) is 0 Å². The number of carbonyl (C=O) groups excluding carboxylic acids is 2. The normalized spacial score (nSPS) is 39.4. The molecule has 22 heavy (non-hydrogen) atoms. The van der Waals surface area contributed by atoms with Crippen LogP contribution in [0.3, 0.4) is 0 Å². The minimum Gasteiger partial charge on any atom is -0.515 e. The molecule has 0 spiro atoms. The summed E-state index contributed by atoms with van der Waals surface area (Å²) in [6.07, 6.45) is 6.96. The molecule has 0 aromatic rings. The van der Waals surface area contributed by atoms with E-state index in [1.54, 1.807) is 0 Å². The lowest BCUT2D eigenvalue weighted by molar-refractivity contribution is -0.227. The molecular formula is C17H22O5. The Morgan fingerprint density at radius 1 is 1.14 bits per heavy atom. The molecule has 2 atom stereocenters. The van der Waals surface area contributed by atoms with Gasteiger partial charge in [0.1, 0.15) is 11.2 Å². The maximum atomic E-state index is 12.1. The summed E-state index contributed by atoms with van der Waals surface area (Å²) in [5.41, 5.74) is -0.896. The van der Waals surface area contributed by atoms with Crippen LogP contribution in [0.15, 0.2) is 24.5 Å². The van der Waals surface area contributed by atoms with E-state index in [-0.39, 0.29) is 5.57 Å². The molecule has 4 bridgehead atoms. The van der Waals surface area contributed by atoms with E-state index < -0.39 is 23.1 Å². The van der Waals surface area contributed by atoms with Gasteiger partial charge in [-0.2, -0.15) is 0 Å². The van der Waals surface area contributed by atoms with Gasteiger partial charge in [0.25, 0.3) is 0 Å². The smallest absolute Gasteiger partial charge is 0.337 e. The molecular weight excluding hydrogens is 284 g/mol. The third kappa shape index (κ3) is 2.53. The van der Waals surface area contributed by atoms with Crippen LogP contribution in [-0.2, 0) is 19.1 Å². The van der Waals surface area contributed by atoms with Crippen LogP contribution < -0.4 is 0 Å². The summed E-state index contributed by atoms with van der Waals surface area (Å²) in [4.78, 5) is 23.8. The fourth-order valence-corrected chi connectivity index (χ4v) is 4.92. The van der Waals surface area contributed by atoms with Crippen LogP contribution in [0.25, 0.3) is 0 Å². The Balaban J connectivity index is 1.83. The Kier molecular flexibility index (Phi) is 3.54. The van der Waals surface area contributed by atoms with Crippen molar-refractivity contribution in [3.8, 4) is 0 Å². The van der Waals surface area contributed by atoms with Gasteiger partial charge < -0.3 is 14.6 Å². The lowest BCUT2D eigenvalue weighted by atomic mass is 9.52. The van der Waals surface area contributed by atoms with E-state index in [1.165, 1.54) is 13.0 Å². The molecule has 4 fully saturated rings. The molecule has 5 heteroatoms. The zero-order chi connectivity index (χ0) is 16.0. The third-order valence-corrected chi connectivity index (χ3v) is 5.26. The molecule has 2 unspecified atom stereocenters. The molecule has 4 rings (SSSR count). The van der Waals surface area contributed by atoms with Crippen LogP contribution in [0.2, 0.25) is 0 Å². The minimum absolute atomic E-state index is 0.188. The standard InChI is InChI=1S/C17H22O5/c1-3-14(19)21-16-5-12-4-13(6-16)8-17(7-12,10-16)22-15(20)11(2)9-18/h3,9,12-13,18H,1,4-8,10H2,2H3. The summed E-state index contributed by atoms with van der Waals surface area (Å²) in [6, 6.07) is 0. The predicted octanol–water partition coefficient (Wildman–Crippen LogP) is 2.81.